The molecule has 1 rings (SSSR count). The van der Waals surface area contributed by atoms with Gasteiger partial charge in [0.1, 0.15) is 0 Å². The van der Waals surface area contributed by atoms with E-state index < -0.39 is 29.4 Å². The van der Waals surface area contributed by atoms with Crippen molar-refractivity contribution in [3.63, 3.8) is 0 Å². The summed E-state index contributed by atoms with van der Waals surface area (Å²) in [4.78, 5) is 22.5. The molecule has 0 aromatic heterocycles. The fraction of sp³-hybridized carbons (Fsp3) is 0.333. The van der Waals surface area contributed by atoms with Crippen molar-refractivity contribution in [3.8, 4) is 0 Å². The standard InChI is InChI=1S/C12H12ClF2NO3/c1-2-6(12(18)19)5-16-11(17)7-3-9(14)10(15)4-8(7)13/h3-4,6H,2,5H2,1H3,(H,16,17)(H,18,19). The number of hydrogen-bond donors (Lipinski definition) is 2. The SMILES string of the molecule is CCC(CNC(=O)c1cc(F)c(F)cc1Cl)C(=O)O. The zero-order chi connectivity index (χ0) is 14.6. The average Bonchev–Trinajstić information content (AvgIpc) is 2.33. The number of halogens is 3. The van der Waals surface area contributed by atoms with E-state index in [4.69, 9.17) is 16.7 Å². The van der Waals surface area contributed by atoms with Crippen LogP contribution in [-0.2, 0) is 4.79 Å². The predicted molar refractivity (Wildman–Crippen MR) is 65.1 cm³/mol. The van der Waals surface area contributed by atoms with Gasteiger partial charge in [-0.05, 0) is 18.6 Å². The van der Waals surface area contributed by atoms with Crippen LogP contribution in [-0.4, -0.2) is 23.5 Å². The minimum atomic E-state index is -1.19. The van der Waals surface area contributed by atoms with Crippen LogP contribution in [0.1, 0.15) is 23.7 Å². The molecule has 0 spiro atoms. The van der Waals surface area contributed by atoms with Crippen LogP contribution in [0.3, 0.4) is 0 Å². The lowest BCUT2D eigenvalue weighted by atomic mass is 10.1. The Kier molecular flexibility index (Phi) is 5.23. The summed E-state index contributed by atoms with van der Waals surface area (Å²) < 4.78 is 25.8. The minimum absolute atomic E-state index is 0.111. The monoisotopic (exact) mass is 291 g/mol. The molecule has 0 heterocycles. The zero-order valence-electron chi connectivity index (χ0n) is 10.0. The van der Waals surface area contributed by atoms with E-state index in [9.17, 15) is 18.4 Å². The van der Waals surface area contributed by atoms with Gasteiger partial charge in [-0.15, -0.1) is 0 Å². The van der Waals surface area contributed by atoms with Gasteiger partial charge in [0.25, 0.3) is 5.91 Å². The van der Waals surface area contributed by atoms with Gasteiger partial charge >= 0.3 is 5.97 Å². The molecule has 2 N–H and O–H groups in total. The third-order valence-electron chi connectivity index (χ3n) is 2.61. The molecule has 0 radical (unpaired) electrons. The van der Waals surface area contributed by atoms with Crippen molar-refractivity contribution >= 4 is 23.5 Å². The number of carboxylic acid groups (broad SMARTS) is 1. The molecule has 1 atom stereocenters. The molecular formula is C12H12ClF2NO3. The van der Waals surface area contributed by atoms with Crippen LogP contribution in [0, 0.1) is 17.6 Å². The molecule has 1 unspecified atom stereocenters. The lowest BCUT2D eigenvalue weighted by molar-refractivity contribution is -0.141. The van der Waals surface area contributed by atoms with Gasteiger partial charge in [-0.2, -0.15) is 0 Å². The van der Waals surface area contributed by atoms with Gasteiger partial charge < -0.3 is 10.4 Å². The summed E-state index contributed by atoms with van der Waals surface area (Å²) in [5, 5.41) is 10.9. The van der Waals surface area contributed by atoms with Gasteiger partial charge in [-0.3, -0.25) is 9.59 Å². The lowest BCUT2D eigenvalue weighted by Gasteiger charge is -2.11. The predicted octanol–water partition coefficient (Wildman–Crippen LogP) is 2.46. The topological polar surface area (TPSA) is 66.4 Å². The molecule has 0 saturated heterocycles. The largest absolute Gasteiger partial charge is 0.481 e. The summed E-state index contributed by atoms with van der Waals surface area (Å²) in [5.74, 6) is -4.88. The third kappa shape index (κ3) is 3.89. The Labute approximate surface area is 113 Å². The van der Waals surface area contributed by atoms with Gasteiger partial charge in [-0.25, -0.2) is 8.78 Å². The van der Waals surface area contributed by atoms with E-state index in [1.165, 1.54) is 0 Å². The highest BCUT2D eigenvalue weighted by Crippen LogP contribution is 2.20. The zero-order valence-corrected chi connectivity index (χ0v) is 10.8. The van der Waals surface area contributed by atoms with Crippen molar-refractivity contribution in [2.45, 2.75) is 13.3 Å². The second kappa shape index (κ2) is 6.47. The smallest absolute Gasteiger partial charge is 0.308 e. The number of amides is 1. The number of aliphatic carboxylic acids is 1. The molecule has 1 aromatic rings. The van der Waals surface area contributed by atoms with E-state index in [2.05, 4.69) is 5.32 Å². The Balaban J connectivity index is 2.79. The molecule has 1 aromatic carbocycles. The van der Waals surface area contributed by atoms with Crippen LogP contribution >= 0.6 is 11.6 Å². The van der Waals surface area contributed by atoms with Crippen molar-refractivity contribution < 1.29 is 23.5 Å². The normalized spacial score (nSPS) is 12.0. The summed E-state index contributed by atoms with van der Waals surface area (Å²) in [6.45, 7) is 1.55. The van der Waals surface area contributed by atoms with E-state index in [0.29, 0.717) is 18.6 Å². The number of benzene rings is 1. The van der Waals surface area contributed by atoms with E-state index >= 15 is 0 Å². The van der Waals surface area contributed by atoms with E-state index in [1.54, 1.807) is 6.92 Å². The summed E-state index contributed by atoms with van der Waals surface area (Å²) >= 11 is 5.62. The molecule has 1 amide bonds. The first-order chi connectivity index (χ1) is 8.86. The Morgan fingerprint density at radius 1 is 1.37 bits per heavy atom. The molecular weight excluding hydrogens is 280 g/mol. The fourth-order valence-corrected chi connectivity index (χ4v) is 1.65. The van der Waals surface area contributed by atoms with Gasteiger partial charge in [0.2, 0.25) is 0 Å². The van der Waals surface area contributed by atoms with Crippen LogP contribution in [0.5, 0.6) is 0 Å². The molecule has 0 aliphatic heterocycles. The van der Waals surface area contributed by atoms with Crippen molar-refractivity contribution in [2.24, 2.45) is 5.92 Å². The van der Waals surface area contributed by atoms with Crippen LogP contribution < -0.4 is 5.32 Å². The highest BCUT2D eigenvalue weighted by Gasteiger charge is 2.19. The number of hydrogen-bond acceptors (Lipinski definition) is 2. The lowest BCUT2D eigenvalue weighted by Crippen LogP contribution is -2.32. The minimum Gasteiger partial charge on any atom is -0.481 e. The van der Waals surface area contributed by atoms with Gasteiger partial charge in [0, 0.05) is 6.54 Å². The first-order valence-corrected chi connectivity index (χ1v) is 5.90. The maximum absolute atomic E-state index is 13.0. The third-order valence-corrected chi connectivity index (χ3v) is 2.92. The van der Waals surface area contributed by atoms with Crippen LogP contribution in [0.15, 0.2) is 12.1 Å². The highest BCUT2D eigenvalue weighted by molar-refractivity contribution is 6.33. The van der Waals surface area contributed by atoms with E-state index in [0.717, 1.165) is 0 Å². The molecule has 19 heavy (non-hydrogen) atoms. The van der Waals surface area contributed by atoms with Gasteiger partial charge in [-0.1, -0.05) is 18.5 Å². The molecule has 104 valence electrons. The molecule has 4 nitrogen and oxygen atoms in total. The number of carbonyl (C=O) groups is 2. The first kappa shape index (κ1) is 15.4. The van der Waals surface area contributed by atoms with Gasteiger partial charge in [0.05, 0.1) is 16.5 Å². The maximum Gasteiger partial charge on any atom is 0.308 e. The fourth-order valence-electron chi connectivity index (χ4n) is 1.41. The maximum atomic E-state index is 13.0. The molecule has 0 bridgehead atoms. The van der Waals surface area contributed by atoms with Crippen LogP contribution in [0.2, 0.25) is 5.02 Å². The Bertz CT molecular complexity index is 508. The van der Waals surface area contributed by atoms with Crippen LogP contribution in [0.25, 0.3) is 0 Å². The van der Waals surface area contributed by atoms with Crippen molar-refractivity contribution in [1.29, 1.82) is 0 Å². The summed E-state index contributed by atoms with van der Waals surface area (Å²) in [6, 6.07) is 1.37. The molecule has 0 saturated carbocycles. The molecule has 7 heteroatoms. The Morgan fingerprint density at radius 2 is 1.95 bits per heavy atom. The number of rotatable bonds is 5. The first-order valence-electron chi connectivity index (χ1n) is 5.52. The quantitative estimate of drug-likeness (QED) is 0.819. The summed E-state index contributed by atoms with van der Waals surface area (Å²) in [5.41, 5.74) is -0.235. The summed E-state index contributed by atoms with van der Waals surface area (Å²) in [6.07, 6.45) is 0.334. The Morgan fingerprint density at radius 3 is 2.47 bits per heavy atom. The number of carboxylic acids is 1. The van der Waals surface area contributed by atoms with E-state index in [1.807, 2.05) is 0 Å². The highest BCUT2D eigenvalue weighted by atomic mass is 35.5. The molecule has 0 aliphatic rings. The number of nitrogens with one attached hydrogen (secondary N) is 1. The summed E-state index contributed by atoms with van der Waals surface area (Å²) in [7, 11) is 0. The van der Waals surface area contributed by atoms with Crippen molar-refractivity contribution in [3.05, 3.63) is 34.4 Å². The second-order valence-electron chi connectivity index (χ2n) is 3.90. The Hall–Kier alpha value is -1.69. The van der Waals surface area contributed by atoms with E-state index in [-0.39, 0.29) is 17.1 Å². The average molecular weight is 292 g/mol. The second-order valence-corrected chi connectivity index (χ2v) is 4.31. The van der Waals surface area contributed by atoms with Crippen molar-refractivity contribution in [1.82, 2.24) is 5.32 Å². The number of carbonyl (C=O) groups excluding carboxylic acids is 1. The van der Waals surface area contributed by atoms with Gasteiger partial charge in [0.15, 0.2) is 11.6 Å². The van der Waals surface area contributed by atoms with Crippen LogP contribution in [0.4, 0.5) is 8.78 Å². The molecule has 0 aliphatic carbocycles. The van der Waals surface area contributed by atoms with Crippen molar-refractivity contribution in [2.75, 3.05) is 6.54 Å². The molecule has 0 fully saturated rings.